The van der Waals surface area contributed by atoms with Crippen LogP contribution >= 0.6 is 12.4 Å². The quantitative estimate of drug-likeness (QED) is 0.502. The molecule has 0 rings (SSSR count). The maximum Gasteiger partial charge on any atom is 0.149 e. The smallest absolute Gasteiger partial charge is 0.149 e. The van der Waals surface area contributed by atoms with Gasteiger partial charge in [0.2, 0.25) is 0 Å². The van der Waals surface area contributed by atoms with Crippen molar-refractivity contribution in [3.05, 3.63) is 0 Å². The molecule has 0 aliphatic carbocycles. The van der Waals surface area contributed by atoms with E-state index in [1.54, 1.807) is 0 Å². The number of nitrogens with zero attached hydrogens (tertiary/aromatic N) is 3. The summed E-state index contributed by atoms with van der Waals surface area (Å²) in [4.78, 5) is 9.77. The number of rotatable bonds is 7. The second-order valence-electron chi connectivity index (χ2n) is 3.65. The van der Waals surface area contributed by atoms with E-state index < -0.39 is 9.84 Å². The van der Waals surface area contributed by atoms with Crippen molar-refractivity contribution in [2.75, 3.05) is 45.7 Å². The average molecular weight is 270 g/mol. The largest absolute Gasteiger partial charge is 0.309 e. The van der Waals surface area contributed by atoms with Gasteiger partial charge in [-0.2, -0.15) is 0 Å². The van der Waals surface area contributed by atoms with Gasteiger partial charge in [-0.1, -0.05) is 0 Å². The van der Waals surface area contributed by atoms with Crippen LogP contribution in [0.15, 0.2) is 9.98 Å². The maximum absolute atomic E-state index is 10.7. The van der Waals surface area contributed by atoms with Gasteiger partial charge in [-0.15, -0.1) is 12.4 Å². The summed E-state index contributed by atoms with van der Waals surface area (Å²) >= 11 is 0. The number of hydrogen-bond acceptors (Lipinski definition) is 5. The van der Waals surface area contributed by atoms with Crippen molar-refractivity contribution < 1.29 is 8.42 Å². The third-order valence-corrected chi connectivity index (χ3v) is 2.51. The first-order chi connectivity index (χ1) is 6.92. The minimum atomic E-state index is -2.91. The molecule has 16 heavy (non-hydrogen) atoms. The first kappa shape index (κ1) is 18.0. The zero-order chi connectivity index (χ0) is 11.7. The van der Waals surface area contributed by atoms with Gasteiger partial charge in [0.25, 0.3) is 0 Å². The van der Waals surface area contributed by atoms with Crippen molar-refractivity contribution in [1.29, 1.82) is 0 Å². The molecule has 7 heteroatoms. The topological polar surface area (TPSA) is 62.1 Å². The molecule has 0 aliphatic rings. The summed E-state index contributed by atoms with van der Waals surface area (Å²) in [5.41, 5.74) is 0. The van der Waals surface area contributed by atoms with Crippen LogP contribution in [0, 0.1) is 0 Å². The molecule has 0 aromatic rings. The highest BCUT2D eigenvalue weighted by Gasteiger charge is 1.98. The van der Waals surface area contributed by atoms with Gasteiger partial charge in [-0.25, -0.2) is 18.4 Å². The SMILES string of the molecule is CN(C)CCCN=C=NCCS(C)(=O)=O.Cl. The molecular weight excluding hydrogens is 250 g/mol. The molecule has 0 bridgehead atoms. The Hall–Kier alpha value is -0.420. The summed E-state index contributed by atoms with van der Waals surface area (Å²) in [5, 5.41) is 0. The lowest BCUT2D eigenvalue weighted by Gasteiger charge is -2.05. The molecule has 0 heterocycles. The lowest BCUT2D eigenvalue weighted by Crippen LogP contribution is -2.13. The van der Waals surface area contributed by atoms with Crippen molar-refractivity contribution >= 4 is 28.3 Å². The van der Waals surface area contributed by atoms with Gasteiger partial charge < -0.3 is 4.90 Å². The lowest BCUT2D eigenvalue weighted by molar-refractivity contribution is 0.403. The highest BCUT2D eigenvalue weighted by Crippen LogP contribution is 1.84. The van der Waals surface area contributed by atoms with Gasteiger partial charge >= 0.3 is 0 Å². The van der Waals surface area contributed by atoms with E-state index in [0.29, 0.717) is 6.54 Å². The third-order valence-electron chi connectivity index (χ3n) is 1.59. The molecule has 0 spiro atoms. The Morgan fingerprint density at radius 1 is 1.19 bits per heavy atom. The molecule has 96 valence electrons. The second-order valence-corrected chi connectivity index (χ2v) is 5.91. The lowest BCUT2D eigenvalue weighted by atomic mass is 10.4. The molecule has 0 fully saturated rings. The van der Waals surface area contributed by atoms with E-state index in [9.17, 15) is 8.42 Å². The van der Waals surface area contributed by atoms with Gasteiger partial charge in [0, 0.05) is 6.26 Å². The predicted molar refractivity (Wildman–Crippen MR) is 69.7 cm³/mol. The number of hydrogen-bond donors (Lipinski definition) is 0. The highest BCUT2D eigenvalue weighted by atomic mass is 35.5. The summed E-state index contributed by atoms with van der Waals surface area (Å²) in [6, 6.07) is 2.50. The minimum Gasteiger partial charge on any atom is -0.309 e. The van der Waals surface area contributed by atoms with Crippen molar-refractivity contribution in [1.82, 2.24) is 4.90 Å². The van der Waals surface area contributed by atoms with Crippen LogP contribution in [0.1, 0.15) is 6.42 Å². The van der Waals surface area contributed by atoms with Crippen LogP contribution < -0.4 is 0 Å². The zero-order valence-electron chi connectivity index (χ0n) is 10.0. The standard InChI is InChI=1S/C9H19N3O2S.ClH/c1-12(2)7-4-5-10-9-11-6-8-15(3,13)14;/h4-8H2,1-3H3;1H. The van der Waals surface area contributed by atoms with Crippen LogP contribution in [0.5, 0.6) is 0 Å². The Kier molecular flexibility index (Phi) is 11.0. The van der Waals surface area contributed by atoms with Crippen LogP contribution in [0.4, 0.5) is 0 Å². The van der Waals surface area contributed by atoms with Gasteiger partial charge in [-0.05, 0) is 27.1 Å². The molecule has 0 amide bonds. The van der Waals surface area contributed by atoms with Crippen molar-refractivity contribution in [2.45, 2.75) is 6.42 Å². The summed E-state index contributed by atoms with van der Waals surface area (Å²) < 4.78 is 21.4. The third kappa shape index (κ3) is 16.0. The molecule has 5 nitrogen and oxygen atoms in total. The molecule has 0 saturated carbocycles. The number of sulfone groups is 1. The fraction of sp³-hybridized carbons (Fsp3) is 0.889. The van der Waals surface area contributed by atoms with E-state index in [0.717, 1.165) is 13.0 Å². The van der Waals surface area contributed by atoms with Crippen molar-refractivity contribution in [3.8, 4) is 0 Å². The van der Waals surface area contributed by atoms with Crippen LogP contribution in [-0.2, 0) is 9.84 Å². The Bertz CT molecular complexity index is 322. The molecule has 0 radical (unpaired) electrons. The normalized spacial score (nSPS) is 10.5. The van der Waals surface area contributed by atoms with Crippen molar-refractivity contribution in [3.63, 3.8) is 0 Å². The monoisotopic (exact) mass is 269 g/mol. The Labute approximate surface area is 104 Å². The van der Waals surface area contributed by atoms with Gasteiger partial charge in [0.15, 0.2) is 0 Å². The van der Waals surface area contributed by atoms with Gasteiger partial charge in [-0.3, -0.25) is 0 Å². The fourth-order valence-electron chi connectivity index (χ4n) is 0.827. The summed E-state index contributed by atoms with van der Waals surface area (Å²) in [5.74, 6) is 0.0627. The first-order valence-electron chi connectivity index (χ1n) is 4.82. The second kappa shape index (κ2) is 9.78. The number of halogens is 1. The Morgan fingerprint density at radius 2 is 1.75 bits per heavy atom. The predicted octanol–water partition coefficient (Wildman–Crippen LogP) is 0.578. The highest BCUT2D eigenvalue weighted by molar-refractivity contribution is 7.90. The van der Waals surface area contributed by atoms with E-state index in [1.165, 1.54) is 6.26 Å². The summed E-state index contributed by atoms with van der Waals surface area (Å²) in [6.45, 7) is 1.91. The van der Waals surface area contributed by atoms with E-state index in [-0.39, 0.29) is 24.7 Å². The fourth-order valence-corrected chi connectivity index (χ4v) is 1.25. The van der Waals surface area contributed by atoms with Crippen LogP contribution in [-0.4, -0.2) is 65.1 Å². The van der Waals surface area contributed by atoms with Crippen LogP contribution in [0.3, 0.4) is 0 Å². The Balaban J connectivity index is 0. The van der Waals surface area contributed by atoms with Crippen LogP contribution in [0.25, 0.3) is 0 Å². The van der Waals surface area contributed by atoms with E-state index in [2.05, 4.69) is 20.9 Å². The molecule has 0 atom stereocenters. The first-order valence-corrected chi connectivity index (χ1v) is 6.88. The summed E-state index contributed by atoms with van der Waals surface area (Å²) in [7, 11) is 1.09. The van der Waals surface area contributed by atoms with E-state index >= 15 is 0 Å². The van der Waals surface area contributed by atoms with E-state index in [1.807, 2.05) is 14.1 Å². The molecule has 0 N–H and O–H groups in total. The van der Waals surface area contributed by atoms with E-state index in [4.69, 9.17) is 0 Å². The molecule has 0 saturated heterocycles. The zero-order valence-corrected chi connectivity index (χ0v) is 11.6. The molecule has 0 unspecified atom stereocenters. The summed E-state index contributed by atoms with van der Waals surface area (Å²) in [6.07, 6.45) is 2.15. The Morgan fingerprint density at radius 3 is 2.25 bits per heavy atom. The van der Waals surface area contributed by atoms with Crippen molar-refractivity contribution in [2.24, 2.45) is 9.98 Å². The number of aliphatic imine (C=N–C) groups is 2. The molecule has 0 aliphatic heterocycles. The molecule has 0 aromatic heterocycles. The van der Waals surface area contributed by atoms with Gasteiger partial charge in [0.05, 0.1) is 24.9 Å². The van der Waals surface area contributed by atoms with Crippen LogP contribution in [0.2, 0.25) is 0 Å². The molecule has 0 aromatic carbocycles. The average Bonchev–Trinajstić information content (AvgIpc) is 2.07. The minimum absolute atomic E-state index is 0. The molecular formula is C9H20ClN3O2S. The maximum atomic E-state index is 10.7. The van der Waals surface area contributed by atoms with Gasteiger partial charge in [0.1, 0.15) is 9.84 Å².